The third-order valence-corrected chi connectivity index (χ3v) is 5.15. The van der Waals surface area contributed by atoms with Crippen molar-refractivity contribution in [3.05, 3.63) is 24.3 Å². The summed E-state index contributed by atoms with van der Waals surface area (Å²) in [7, 11) is 0. The average molecular weight is 322 g/mol. The van der Waals surface area contributed by atoms with Crippen LogP contribution in [0.4, 0.5) is 0 Å². The van der Waals surface area contributed by atoms with Gasteiger partial charge < -0.3 is 14.9 Å². The number of hydrogen-bond donors (Lipinski definition) is 2. The summed E-state index contributed by atoms with van der Waals surface area (Å²) in [4.78, 5) is 10.4. The number of carbonyl (C=O) groups is 1. The van der Waals surface area contributed by atoms with Gasteiger partial charge in [0.25, 0.3) is 0 Å². The molecule has 0 radical (unpaired) electrons. The fourth-order valence-corrected chi connectivity index (χ4v) is 4.06. The van der Waals surface area contributed by atoms with Crippen molar-refractivity contribution >= 4 is 5.97 Å². The van der Waals surface area contributed by atoms with Gasteiger partial charge in [-0.05, 0) is 56.8 Å². The maximum Gasteiger partial charge on any atom is 0.327 e. The molecule has 2 bridgehead atoms. The number of ether oxygens (including phenoxy) is 1. The van der Waals surface area contributed by atoms with Crippen molar-refractivity contribution in [3.63, 3.8) is 0 Å². The summed E-state index contributed by atoms with van der Waals surface area (Å²) in [5.41, 5.74) is 0. The summed E-state index contributed by atoms with van der Waals surface area (Å²) in [6, 6.07) is 0. The summed E-state index contributed by atoms with van der Waals surface area (Å²) in [6.07, 6.45) is 15.5. The van der Waals surface area contributed by atoms with Gasteiger partial charge in [-0.15, -0.1) is 0 Å². The zero-order valence-corrected chi connectivity index (χ0v) is 14.1. The first-order valence-corrected chi connectivity index (χ1v) is 8.99. The van der Waals surface area contributed by atoms with Crippen molar-refractivity contribution in [1.82, 2.24) is 0 Å². The van der Waals surface area contributed by atoms with Gasteiger partial charge in [-0.25, -0.2) is 4.79 Å². The largest absolute Gasteiger partial charge is 0.478 e. The third-order valence-electron chi connectivity index (χ3n) is 5.15. The van der Waals surface area contributed by atoms with E-state index in [-0.39, 0.29) is 6.10 Å². The fraction of sp³-hybridized carbons (Fsp3) is 0.737. The number of allylic oxidation sites excluding steroid dienone is 3. The van der Waals surface area contributed by atoms with Gasteiger partial charge in [-0.2, -0.15) is 0 Å². The molecule has 4 heteroatoms. The molecule has 1 unspecified atom stereocenters. The van der Waals surface area contributed by atoms with E-state index in [0.717, 1.165) is 38.5 Å². The highest BCUT2D eigenvalue weighted by molar-refractivity contribution is 5.79. The number of fused-ring (bicyclic) bond motifs is 2. The molecule has 2 fully saturated rings. The molecule has 4 nitrogen and oxygen atoms in total. The van der Waals surface area contributed by atoms with E-state index in [1.165, 1.54) is 12.5 Å². The first-order chi connectivity index (χ1) is 11.1. The average Bonchev–Trinajstić information content (AvgIpc) is 3.10. The molecule has 23 heavy (non-hydrogen) atoms. The van der Waals surface area contributed by atoms with E-state index >= 15 is 0 Å². The minimum atomic E-state index is -0.898. The van der Waals surface area contributed by atoms with Crippen LogP contribution >= 0.6 is 0 Å². The maximum absolute atomic E-state index is 10.4. The van der Waals surface area contributed by atoms with Crippen LogP contribution in [0.2, 0.25) is 0 Å². The van der Waals surface area contributed by atoms with E-state index in [2.05, 4.69) is 13.0 Å². The van der Waals surface area contributed by atoms with Crippen molar-refractivity contribution in [2.24, 2.45) is 11.8 Å². The molecule has 2 aliphatic rings. The second-order valence-electron chi connectivity index (χ2n) is 6.82. The van der Waals surface area contributed by atoms with Crippen LogP contribution in [-0.2, 0) is 9.53 Å². The second kappa shape index (κ2) is 9.24. The van der Waals surface area contributed by atoms with E-state index in [4.69, 9.17) is 9.84 Å². The van der Waals surface area contributed by atoms with Crippen LogP contribution in [0.3, 0.4) is 0 Å². The Morgan fingerprint density at radius 3 is 2.61 bits per heavy atom. The Labute approximate surface area is 139 Å². The highest BCUT2D eigenvalue weighted by Gasteiger charge is 2.47. The van der Waals surface area contributed by atoms with Crippen molar-refractivity contribution < 1.29 is 19.7 Å². The number of aliphatic hydroxyl groups excluding tert-OH is 1. The molecule has 2 aliphatic heterocycles. The van der Waals surface area contributed by atoms with E-state index in [9.17, 15) is 9.90 Å². The first kappa shape index (κ1) is 18.2. The van der Waals surface area contributed by atoms with Crippen LogP contribution in [0.15, 0.2) is 24.3 Å². The molecule has 0 aliphatic carbocycles. The molecule has 0 spiro atoms. The Hall–Kier alpha value is -1.13. The van der Waals surface area contributed by atoms with Crippen LogP contribution in [0, 0.1) is 11.8 Å². The van der Waals surface area contributed by atoms with Gasteiger partial charge in [0.2, 0.25) is 0 Å². The number of carboxylic acids is 1. The lowest BCUT2D eigenvalue weighted by Gasteiger charge is -2.28. The number of aliphatic hydroxyl groups is 1. The van der Waals surface area contributed by atoms with E-state index in [1.54, 1.807) is 6.08 Å². The summed E-state index contributed by atoms with van der Waals surface area (Å²) in [6.45, 7) is 2.11. The molecule has 0 saturated carbocycles. The molecule has 0 aromatic carbocycles. The van der Waals surface area contributed by atoms with Crippen molar-refractivity contribution in [3.8, 4) is 0 Å². The summed E-state index contributed by atoms with van der Waals surface area (Å²) in [5.74, 6) is 0.229. The zero-order chi connectivity index (χ0) is 16.7. The van der Waals surface area contributed by atoms with Gasteiger partial charge in [-0.3, -0.25) is 0 Å². The molecule has 0 aromatic heterocycles. The Bertz CT molecular complexity index is 429. The van der Waals surface area contributed by atoms with E-state index < -0.39 is 5.97 Å². The quantitative estimate of drug-likeness (QED) is 0.475. The van der Waals surface area contributed by atoms with E-state index in [0.29, 0.717) is 30.5 Å². The first-order valence-electron chi connectivity index (χ1n) is 8.99. The summed E-state index contributed by atoms with van der Waals surface area (Å²) < 4.78 is 6.09. The van der Waals surface area contributed by atoms with Crippen molar-refractivity contribution in [2.45, 2.75) is 76.6 Å². The van der Waals surface area contributed by atoms with Gasteiger partial charge in [0.05, 0.1) is 18.3 Å². The predicted octanol–water partition coefficient (Wildman–Crippen LogP) is 3.70. The molecule has 0 aromatic rings. The van der Waals surface area contributed by atoms with Gasteiger partial charge >= 0.3 is 5.97 Å². The smallest absolute Gasteiger partial charge is 0.327 e. The molecule has 2 heterocycles. The standard InChI is InChI=1S/C19H30O4/c1-2-7-14(20)10-11-16-15(17-12-13-18(16)23-17)8-5-3-4-6-9-19(21)22/h3,5-6,9,14-18,20H,2,4,7-8,10-13H2,1H3,(H,21,22)/t14?,15-,16+,17-,18+/m0/s1. The second-order valence-corrected chi connectivity index (χ2v) is 6.82. The zero-order valence-electron chi connectivity index (χ0n) is 14.1. The minimum absolute atomic E-state index is 0.170. The molecule has 130 valence electrons. The lowest BCUT2D eigenvalue weighted by Crippen LogP contribution is -2.27. The van der Waals surface area contributed by atoms with Crippen molar-refractivity contribution in [1.29, 1.82) is 0 Å². The van der Waals surface area contributed by atoms with Crippen LogP contribution in [0.1, 0.15) is 58.3 Å². The summed E-state index contributed by atoms with van der Waals surface area (Å²) in [5, 5.41) is 18.5. The van der Waals surface area contributed by atoms with Gasteiger partial charge in [0, 0.05) is 6.08 Å². The monoisotopic (exact) mass is 322 g/mol. The molecule has 5 atom stereocenters. The lowest BCUT2D eigenvalue weighted by atomic mass is 9.75. The van der Waals surface area contributed by atoms with Crippen molar-refractivity contribution in [2.75, 3.05) is 0 Å². The van der Waals surface area contributed by atoms with E-state index in [1.807, 2.05) is 6.08 Å². The molecule has 2 saturated heterocycles. The van der Waals surface area contributed by atoms with Crippen LogP contribution < -0.4 is 0 Å². The highest BCUT2D eigenvalue weighted by atomic mass is 16.5. The SMILES string of the molecule is CCCC(O)CC[C@@H]1[C@H](CC=CCC=CC(=O)O)[C@@H]2CC[C@H]1O2. The van der Waals surface area contributed by atoms with Gasteiger partial charge in [-0.1, -0.05) is 31.6 Å². The molecule has 0 amide bonds. The fourth-order valence-electron chi connectivity index (χ4n) is 4.06. The maximum atomic E-state index is 10.4. The molecule has 2 N–H and O–H groups in total. The molecular weight excluding hydrogens is 292 g/mol. The molecule has 2 rings (SSSR count). The van der Waals surface area contributed by atoms with Gasteiger partial charge in [0.1, 0.15) is 0 Å². The topological polar surface area (TPSA) is 66.8 Å². The Kier molecular flexibility index (Phi) is 7.31. The highest BCUT2D eigenvalue weighted by Crippen LogP contribution is 2.47. The lowest BCUT2D eigenvalue weighted by molar-refractivity contribution is -0.131. The predicted molar refractivity (Wildman–Crippen MR) is 90.2 cm³/mol. The minimum Gasteiger partial charge on any atom is -0.478 e. The number of hydrogen-bond acceptors (Lipinski definition) is 3. The number of rotatable bonds is 10. The summed E-state index contributed by atoms with van der Waals surface area (Å²) >= 11 is 0. The normalized spacial score (nSPS) is 31.4. The number of aliphatic carboxylic acids is 1. The Morgan fingerprint density at radius 2 is 1.91 bits per heavy atom. The third kappa shape index (κ3) is 5.47. The Balaban J connectivity index is 1.78. The van der Waals surface area contributed by atoms with Crippen LogP contribution in [-0.4, -0.2) is 34.5 Å². The molecular formula is C19H30O4. The van der Waals surface area contributed by atoms with Crippen LogP contribution in [0.5, 0.6) is 0 Å². The number of carboxylic acid groups (broad SMARTS) is 1. The van der Waals surface area contributed by atoms with Gasteiger partial charge in [0.15, 0.2) is 0 Å². The van der Waals surface area contributed by atoms with Crippen LogP contribution in [0.25, 0.3) is 0 Å². The Morgan fingerprint density at radius 1 is 1.17 bits per heavy atom.